The van der Waals surface area contributed by atoms with E-state index in [2.05, 4.69) is 22.2 Å². The number of ether oxygens (including phenoxy) is 1. The molecule has 0 amide bonds. The molecular weight excluding hydrogens is 449 g/mol. The number of aromatic nitrogens is 1. The van der Waals surface area contributed by atoms with Crippen LogP contribution in [0.15, 0.2) is 28.6 Å². The van der Waals surface area contributed by atoms with Crippen LogP contribution in [0.2, 0.25) is 0 Å². The molecule has 2 heterocycles. The Morgan fingerprint density at radius 3 is 2.66 bits per heavy atom. The maximum atomic E-state index is 15.1. The normalized spacial score (nSPS) is 24.5. The molecule has 0 unspecified atom stereocenters. The Bertz CT molecular complexity index is 1050. The fourth-order valence-electron chi connectivity index (χ4n) is 4.85. The average Bonchev–Trinajstić information content (AvgIpc) is 3.43. The minimum atomic E-state index is -3.82. The summed E-state index contributed by atoms with van der Waals surface area (Å²) in [5.74, 6) is -0.244. The van der Waals surface area contributed by atoms with Crippen molar-refractivity contribution in [2.24, 2.45) is 0 Å². The summed E-state index contributed by atoms with van der Waals surface area (Å²) in [6.07, 6.45) is 7.79. The van der Waals surface area contributed by atoms with Crippen LogP contribution in [0.5, 0.6) is 5.75 Å². The molecule has 0 bridgehead atoms. The Morgan fingerprint density at radius 1 is 1.22 bits per heavy atom. The van der Waals surface area contributed by atoms with E-state index in [9.17, 15) is 8.42 Å². The van der Waals surface area contributed by atoms with Crippen molar-refractivity contribution in [3.8, 4) is 5.75 Å². The lowest BCUT2D eigenvalue weighted by Gasteiger charge is -2.45. The summed E-state index contributed by atoms with van der Waals surface area (Å²) in [5.41, 5.74) is 0.835. The topological polar surface area (TPSA) is 71.5 Å². The summed E-state index contributed by atoms with van der Waals surface area (Å²) in [6.45, 7) is 1.99. The van der Waals surface area contributed by atoms with Gasteiger partial charge in [0.05, 0.1) is 0 Å². The SMILES string of the molecule is CN(C1CNC1)[C@H]1CCCC[C@@H]1Oc1cc(F)c(S(=O)(=O)Cc2nccs2)cc1C1CC1. The van der Waals surface area contributed by atoms with E-state index in [4.69, 9.17) is 4.74 Å². The quantitative estimate of drug-likeness (QED) is 0.622. The molecule has 1 saturated heterocycles. The molecule has 2 aromatic rings. The lowest BCUT2D eigenvalue weighted by molar-refractivity contribution is 0.0146. The van der Waals surface area contributed by atoms with Gasteiger partial charge in [-0.05, 0) is 56.7 Å². The zero-order valence-corrected chi connectivity index (χ0v) is 19.9. The summed E-state index contributed by atoms with van der Waals surface area (Å²) in [5, 5.41) is 5.52. The first-order chi connectivity index (χ1) is 15.4. The van der Waals surface area contributed by atoms with Crippen LogP contribution in [0, 0.1) is 5.82 Å². The van der Waals surface area contributed by atoms with Gasteiger partial charge in [0.2, 0.25) is 0 Å². The van der Waals surface area contributed by atoms with Gasteiger partial charge in [0.15, 0.2) is 9.84 Å². The van der Waals surface area contributed by atoms with Crippen molar-refractivity contribution >= 4 is 21.2 Å². The number of nitrogens with one attached hydrogen (secondary N) is 1. The first-order valence-corrected chi connectivity index (χ1v) is 14.0. The highest BCUT2D eigenvalue weighted by atomic mass is 32.2. The van der Waals surface area contributed by atoms with E-state index >= 15 is 4.39 Å². The summed E-state index contributed by atoms with van der Waals surface area (Å²) in [7, 11) is -1.66. The van der Waals surface area contributed by atoms with Crippen molar-refractivity contribution in [1.82, 2.24) is 15.2 Å². The molecule has 1 N–H and O–H groups in total. The second-order valence-electron chi connectivity index (χ2n) is 9.27. The molecule has 0 spiro atoms. The Hall–Kier alpha value is -1.55. The van der Waals surface area contributed by atoms with Crippen molar-refractivity contribution in [3.63, 3.8) is 0 Å². The molecule has 2 aliphatic carbocycles. The van der Waals surface area contributed by atoms with Gasteiger partial charge < -0.3 is 10.1 Å². The molecule has 3 fully saturated rings. The van der Waals surface area contributed by atoms with E-state index in [0.717, 1.165) is 50.8 Å². The molecule has 9 heteroatoms. The number of hydrogen-bond donors (Lipinski definition) is 1. The number of benzene rings is 1. The van der Waals surface area contributed by atoms with Crippen LogP contribution in [0.3, 0.4) is 0 Å². The Balaban J connectivity index is 1.42. The third kappa shape index (κ3) is 4.58. The number of rotatable bonds is 8. The predicted octanol–water partition coefficient (Wildman–Crippen LogP) is 3.73. The average molecular weight is 480 g/mol. The van der Waals surface area contributed by atoms with Crippen molar-refractivity contribution in [1.29, 1.82) is 0 Å². The van der Waals surface area contributed by atoms with E-state index in [-0.39, 0.29) is 22.7 Å². The van der Waals surface area contributed by atoms with Crippen molar-refractivity contribution < 1.29 is 17.5 Å². The van der Waals surface area contributed by atoms with Gasteiger partial charge in [0.1, 0.15) is 33.3 Å². The maximum Gasteiger partial charge on any atom is 0.187 e. The predicted molar refractivity (Wildman–Crippen MR) is 122 cm³/mol. The van der Waals surface area contributed by atoms with E-state index in [1.54, 1.807) is 11.6 Å². The van der Waals surface area contributed by atoms with Crippen molar-refractivity contribution in [3.05, 3.63) is 40.1 Å². The molecule has 1 aromatic heterocycles. The summed E-state index contributed by atoms with van der Waals surface area (Å²) >= 11 is 1.26. The highest BCUT2D eigenvalue weighted by Crippen LogP contribution is 2.46. The number of thiazole rings is 1. The van der Waals surface area contributed by atoms with E-state index in [1.807, 2.05) is 0 Å². The summed E-state index contributed by atoms with van der Waals surface area (Å²) in [4.78, 5) is 6.24. The maximum absolute atomic E-state index is 15.1. The third-order valence-corrected chi connectivity index (χ3v) is 9.62. The smallest absolute Gasteiger partial charge is 0.187 e. The number of halogens is 1. The minimum absolute atomic E-state index is 0.0102. The molecular formula is C23H30FN3O3S2. The van der Waals surface area contributed by atoms with Crippen molar-refractivity contribution in [2.45, 2.75) is 73.3 Å². The summed E-state index contributed by atoms with van der Waals surface area (Å²) < 4.78 is 47.5. The molecule has 1 aliphatic heterocycles. The van der Waals surface area contributed by atoms with E-state index in [1.165, 1.54) is 29.9 Å². The highest BCUT2D eigenvalue weighted by Gasteiger charge is 2.37. The van der Waals surface area contributed by atoms with Gasteiger partial charge in [0.25, 0.3) is 0 Å². The van der Waals surface area contributed by atoms with Gasteiger partial charge in [0, 0.05) is 42.8 Å². The molecule has 2 atom stereocenters. The zero-order chi connectivity index (χ0) is 22.3. The second-order valence-corrected chi connectivity index (χ2v) is 12.2. The Labute approximate surface area is 193 Å². The lowest BCUT2D eigenvalue weighted by atomic mass is 9.89. The van der Waals surface area contributed by atoms with Gasteiger partial charge >= 0.3 is 0 Å². The van der Waals surface area contributed by atoms with Crippen molar-refractivity contribution in [2.75, 3.05) is 20.1 Å². The number of nitrogens with zero attached hydrogens (tertiary/aromatic N) is 2. The van der Waals surface area contributed by atoms with Gasteiger partial charge in [-0.1, -0.05) is 6.42 Å². The van der Waals surface area contributed by atoms with Gasteiger partial charge in [-0.25, -0.2) is 17.8 Å². The van der Waals surface area contributed by atoms with E-state index < -0.39 is 15.7 Å². The first-order valence-electron chi connectivity index (χ1n) is 11.5. The molecule has 3 aliphatic rings. The minimum Gasteiger partial charge on any atom is -0.488 e. The molecule has 1 aromatic carbocycles. The van der Waals surface area contributed by atoms with Crippen LogP contribution in [-0.4, -0.2) is 56.6 Å². The third-order valence-electron chi connectivity index (χ3n) is 7.02. The first kappa shape index (κ1) is 22.3. The second kappa shape index (κ2) is 9.00. The highest BCUT2D eigenvalue weighted by molar-refractivity contribution is 7.90. The number of hydrogen-bond acceptors (Lipinski definition) is 7. The largest absolute Gasteiger partial charge is 0.488 e. The van der Waals surface area contributed by atoms with Crippen LogP contribution >= 0.6 is 11.3 Å². The lowest BCUT2D eigenvalue weighted by Crippen LogP contribution is -2.61. The van der Waals surface area contributed by atoms with Crippen LogP contribution in [-0.2, 0) is 15.6 Å². The standard InChI is InChI=1S/C23H30FN3O3S2/c1-27(16-12-25-13-16)19-4-2-3-5-20(19)30-21-11-18(24)22(10-17(21)15-6-7-15)32(28,29)14-23-26-8-9-31-23/h8-11,15-16,19-20,25H,2-7,12-14H2,1H3/t19-,20-/m0/s1. The fourth-order valence-corrected chi connectivity index (χ4v) is 7.20. The van der Waals surface area contributed by atoms with Crippen LogP contribution in [0.1, 0.15) is 55.0 Å². The molecule has 174 valence electrons. The molecule has 5 rings (SSSR count). The monoisotopic (exact) mass is 479 g/mol. The summed E-state index contributed by atoms with van der Waals surface area (Å²) in [6, 6.07) is 3.66. The molecule has 32 heavy (non-hydrogen) atoms. The molecule has 0 radical (unpaired) electrons. The fraction of sp³-hybridized carbons (Fsp3) is 0.609. The van der Waals surface area contributed by atoms with Gasteiger partial charge in [-0.15, -0.1) is 11.3 Å². The Morgan fingerprint density at radius 2 is 2.00 bits per heavy atom. The van der Waals surface area contributed by atoms with Gasteiger partial charge in [-0.2, -0.15) is 0 Å². The molecule has 2 saturated carbocycles. The van der Waals surface area contributed by atoms with Gasteiger partial charge in [-0.3, -0.25) is 4.90 Å². The zero-order valence-electron chi connectivity index (χ0n) is 18.3. The van der Waals surface area contributed by atoms with E-state index in [0.29, 0.717) is 22.8 Å². The molecule has 6 nitrogen and oxygen atoms in total. The number of likely N-dealkylation sites (N-methyl/N-ethyl adjacent to an activating group) is 1. The Kier molecular flexibility index (Phi) is 6.26. The van der Waals surface area contributed by atoms with Crippen LogP contribution in [0.25, 0.3) is 0 Å². The van der Waals surface area contributed by atoms with Crippen LogP contribution in [0.4, 0.5) is 4.39 Å². The van der Waals surface area contributed by atoms with Crippen LogP contribution < -0.4 is 10.1 Å². The number of sulfone groups is 1.